The van der Waals surface area contributed by atoms with Crippen LogP contribution in [0.25, 0.3) is 10.9 Å². The van der Waals surface area contributed by atoms with Crippen LogP contribution in [-0.2, 0) is 15.8 Å². The Bertz CT molecular complexity index is 872. The van der Waals surface area contributed by atoms with Crippen LogP contribution in [0.15, 0.2) is 24.3 Å². The van der Waals surface area contributed by atoms with E-state index in [1.165, 1.54) is 6.07 Å². The third kappa shape index (κ3) is 4.69. The molecule has 7 nitrogen and oxygen atoms in total. The van der Waals surface area contributed by atoms with Crippen molar-refractivity contribution in [3.63, 3.8) is 0 Å². The first-order valence-electron chi connectivity index (χ1n) is 8.30. The molecule has 0 saturated carbocycles. The zero-order valence-corrected chi connectivity index (χ0v) is 14.8. The number of pyridine rings is 1. The minimum atomic E-state index is -4.45. The van der Waals surface area contributed by atoms with Crippen molar-refractivity contribution in [2.45, 2.75) is 25.6 Å². The number of hydrogen-bond acceptors (Lipinski definition) is 5. The molecule has 2 atom stereocenters. The molecule has 0 bridgehead atoms. The molecule has 1 saturated heterocycles. The number of fused-ring (bicyclic) bond motifs is 1. The van der Waals surface area contributed by atoms with E-state index in [9.17, 15) is 23.1 Å². The van der Waals surface area contributed by atoms with E-state index >= 15 is 0 Å². The third-order valence-corrected chi connectivity index (χ3v) is 4.48. The van der Waals surface area contributed by atoms with E-state index < -0.39 is 29.7 Å². The Labute approximate surface area is 158 Å². The lowest BCUT2D eigenvalue weighted by Gasteiger charge is -2.36. The van der Waals surface area contributed by atoms with Crippen LogP contribution in [0.1, 0.15) is 17.7 Å². The molecule has 28 heavy (non-hydrogen) atoms. The highest BCUT2D eigenvalue weighted by atomic mass is 19.4. The van der Waals surface area contributed by atoms with E-state index in [0.29, 0.717) is 23.3 Å². The molecule has 2 aromatic rings. The second-order valence-corrected chi connectivity index (χ2v) is 6.36. The van der Waals surface area contributed by atoms with Crippen molar-refractivity contribution in [3.8, 4) is 0 Å². The predicted octanol–water partition coefficient (Wildman–Crippen LogP) is 2.53. The molecule has 0 amide bonds. The summed E-state index contributed by atoms with van der Waals surface area (Å²) >= 11 is 0. The zero-order chi connectivity index (χ0) is 21.1. The summed E-state index contributed by atoms with van der Waals surface area (Å²) in [6.45, 7) is 1.94. The highest BCUT2D eigenvalue weighted by molar-refractivity contribution is 5.92. The molecular formula is C18H19F3N2O5. The lowest BCUT2D eigenvalue weighted by molar-refractivity contribution is -0.146. The number of aliphatic hydroxyl groups excluding tert-OH is 1. The summed E-state index contributed by atoms with van der Waals surface area (Å²) in [6, 6.07) is 5.12. The summed E-state index contributed by atoms with van der Waals surface area (Å²) in [5.41, 5.74) is 0.657. The van der Waals surface area contributed by atoms with Crippen molar-refractivity contribution < 1.29 is 38.1 Å². The van der Waals surface area contributed by atoms with E-state index in [4.69, 9.17) is 15.0 Å². The van der Waals surface area contributed by atoms with Crippen molar-refractivity contribution in [3.05, 3.63) is 35.5 Å². The van der Waals surface area contributed by atoms with Crippen molar-refractivity contribution in [2.75, 3.05) is 18.0 Å². The molecule has 152 valence electrons. The average Bonchev–Trinajstić information content (AvgIpc) is 2.60. The molecule has 3 rings (SSSR count). The van der Waals surface area contributed by atoms with Gasteiger partial charge >= 0.3 is 12.1 Å². The van der Waals surface area contributed by atoms with E-state index in [2.05, 4.69) is 4.98 Å². The largest absolute Gasteiger partial charge is 0.483 e. The summed E-state index contributed by atoms with van der Waals surface area (Å²) in [5, 5.41) is 26.6. The number of carbonyl (C=O) groups is 2. The van der Waals surface area contributed by atoms with Crippen LogP contribution in [-0.4, -0.2) is 51.9 Å². The van der Waals surface area contributed by atoms with Crippen LogP contribution < -0.4 is 4.90 Å². The highest BCUT2D eigenvalue weighted by Gasteiger charge is 2.34. The average molecular weight is 400 g/mol. The van der Waals surface area contributed by atoms with Crippen molar-refractivity contribution in [2.24, 2.45) is 5.92 Å². The third-order valence-electron chi connectivity index (χ3n) is 4.48. The number of carboxylic acid groups (broad SMARTS) is 2. The Kier molecular flexibility index (Phi) is 6.45. The normalized spacial score (nSPS) is 19.7. The monoisotopic (exact) mass is 400 g/mol. The van der Waals surface area contributed by atoms with E-state index in [-0.39, 0.29) is 25.0 Å². The molecule has 1 fully saturated rings. The van der Waals surface area contributed by atoms with E-state index in [0.717, 1.165) is 12.1 Å². The number of aliphatic carboxylic acids is 1. The Balaban J connectivity index is 0.000000878. The molecule has 2 heterocycles. The number of rotatable bonds is 2. The second kappa shape index (κ2) is 8.42. The maximum Gasteiger partial charge on any atom is 0.416 e. The number of aliphatic hydroxyl groups is 1. The van der Waals surface area contributed by atoms with Crippen molar-refractivity contribution in [1.82, 2.24) is 4.98 Å². The first-order valence-corrected chi connectivity index (χ1v) is 8.30. The Hall–Kier alpha value is -2.88. The van der Waals surface area contributed by atoms with Crippen LogP contribution in [0.4, 0.5) is 18.9 Å². The van der Waals surface area contributed by atoms with Gasteiger partial charge in [-0.15, -0.1) is 0 Å². The number of benzene rings is 1. The first kappa shape index (κ1) is 21.4. The first-order chi connectivity index (χ1) is 13.1. The highest BCUT2D eigenvalue weighted by Crippen LogP contribution is 2.35. The van der Waals surface area contributed by atoms with Gasteiger partial charge in [0.1, 0.15) is 0 Å². The molecule has 0 aliphatic carbocycles. The fourth-order valence-corrected chi connectivity index (χ4v) is 3.22. The van der Waals surface area contributed by atoms with Gasteiger partial charge in [-0.3, -0.25) is 14.6 Å². The molecule has 0 spiro atoms. The standard InChI is InChI=1S/C17H17F3N2O3.CH2O2/c1-9-6-14(22-5-4-12(16(24)25)15(23)8-22)11-3-2-10(17(18,19)20)7-13(11)21-9;2-1-3/h2-3,6-7,12,15,23H,4-5,8H2,1H3,(H,24,25);1H,(H,2,3)/t12-,15+;/m0./s1. The van der Waals surface area contributed by atoms with Gasteiger partial charge in [0.25, 0.3) is 6.47 Å². The molecule has 1 aromatic carbocycles. The minimum absolute atomic E-state index is 0.108. The Morgan fingerprint density at radius 1 is 1.32 bits per heavy atom. The van der Waals surface area contributed by atoms with Gasteiger partial charge in [0.2, 0.25) is 0 Å². The predicted molar refractivity (Wildman–Crippen MR) is 94.1 cm³/mol. The fourth-order valence-electron chi connectivity index (χ4n) is 3.22. The lowest BCUT2D eigenvalue weighted by atomic mass is 9.93. The maximum atomic E-state index is 12.9. The van der Waals surface area contributed by atoms with Gasteiger partial charge in [-0.1, -0.05) is 6.07 Å². The Morgan fingerprint density at radius 3 is 2.50 bits per heavy atom. The second-order valence-electron chi connectivity index (χ2n) is 6.36. The number of alkyl halides is 3. The summed E-state index contributed by atoms with van der Waals surface area (Å²) in [6.07, 6.45) is -5.22. The number of carboxylic acids is 1. The SMILES string of the molecule is Cc1cc(N2CC[C@H](C(=O)O)[C@H](O)C2)c2ccc(C(F)(F)F)cc2n1.O=CO. The summed E-state index contributed by atoms with van der Waals surface area (Å²) in [7, 11) is 0. The van der Waals surface area contributed by atoms with Gasteiger partial charge in [-0.05, 0) is 31.5 Å². The van der Waals surface area contributed by atoms with Gasteiger partial charge in [0.05, 0.1) is 23.1 Å². The quantitative estimate of drug-likeness (QED) is 0.665. The summed E-state index contributed by atoms with van der Waals surface area (Å²) in [5.74, 6) is -1.87. The van der Waals surface area contributed by atoms with E-state index in [1.807, 2.05) is 0 Å². The molecule has 1 aliphatic rings. The molecule has 3 N–H and O–H groups in total. The Morgan fingerprint density at radius 2 is 1.96 bits per heavy atom. The zero-order valence-electron chi connectivity index (χ0n) is 14.8. The number of aromatic nitrogens is 1. The lowest BCUT2D eigenvalue weighted by Crippen LogP contribution is -2.46. The van der Waals surface area contributed by atoms with Gasteiger partial charge in [0.15, 0.2) is 0 Å². The molecule has 1 aromatic heterocycles. The minimum Gasteiger partial charge on any atom is -0.483 e. The number of hydrogen-bond donors (Lipinski definition) is 3. The molecule has 0 unspecified atom stereocenters. The van der Waals surface area contributed by atoms with Crippen molar-refractivity contribution in [1.29, 1.82) is 0 Å². The number of nitrogens with zero attached hydrogens (tertiary/aromatic N) is 2. The van der Waals surface area contributed by atoms with Gasteiger partial charge in [0, 0.05) is 29.9 Å². The van der Waals surface area contributed by atoms with Gasteiger partial charge < -0.3 is 20.2 Å². The number of anilines is 1. The van der Waals surface area contributed by atoms with Crippen LogP contribution in [0.2, 0.25) is 0 Å². The molecule has 10 heteroatoms. The number of β-amino-alcohol motifs (C(OH)–C–C–N with tert-alkyl or cyclic N) is 1. The maximum absolute atomic E-state index is 12.9. The summed E-state index contributed by atoms with van der Waals surface area (Å²) in [4.78, 5) is 25.5. The van der Waals surface area contributed by atoms with Crippen LogP contribution >= 0.6 is 0 Å². The number of aryl methyl sites for hydroxylation is 1. The van der Waals surface area contributed by atoms with Crippen LogP contribution in [0, 0.1) is 12.8 Å². The smallest absolute Gasteiger partial charge is 0.416 e. The fraction of sp³-hybridized carbons (Fsp3) is 0.389. The molecular weight excluding hydrogens is 381 g/mol. The number of halogens is 3. The molecule has 0 radical (unpaired) electrons. The van der Waals surface area contributed by atoms with Crippen LogP contribution in [0.3, 0.4) is 0 Å². The van der Waals surface area contributed by atoms with Crippen LogP contribution in [0.5, 0.6) is 0 Å². The number of piperidine rings is 1. The summed E-state index contributed by atoms with van der Waals surface area (Å²) < 4.78 is 38.7. The van der Waals surface area contributed by atoms with Gasteiger partial charge in [-0.2, -0.15) is 13.2 Å². The van der Waals surface area contributed by atoms with Crippen molar-refractivity contribution >= 4 is 29.0 Å². The topological polar surface area (TPSA) is 111 Å². The molecule has 1 aliphatic heterocycles. The van der Waals surface area contributed by atoms with E-state index in [1.54, 1.807) is 17.9 Å². The van der Waals surface area contributed by atoms with Gasteiger partial charge in [-0.25, -0.2) is 0 Å².